The van der Waals surface area contributed by atoms with Crippen LogP contribution in [0.1, 0.15) is 25.7 Å². The fraction of sp³-hybridized carbons (Fsp3) is 1.00. The van der Waals surface area contributed by atoms with E-state index < -0.39 is 0 Å². The molecule has 0 N–H and O–H groups in total. The van der Waals surface area contributed by atoms with Crippen molar-refractivity contribution < 1.29 is 0 Å². The maximum atomic E-state index is 2.40. The van der Waals surface area contributed by atoms with Gasteiger partial charge >= 0.3 is 0 Å². The van der Waals surface area contributed by atoms with Gasteiger partial charge in [-0.3, -0.25) is 0 Å². The topological polar surface area (TPSA) is 13.0 Å². The van der Waals surface area contributed by atoms with Crippen LogP contribution in [0.15, 0.2) is 0 Å². The summed E-state index contributed by atoms with van der Waals surface area (Å²) in [5, 5.41) is 0. The van der Waals surface area contributed by atoms with E-state index in [0.29, 0.717) is 12.1 Å². The summed E-state index contributed by atoms with van der Waals surface area (Å²) in [5.74, 6) is 0. The molecule has 0 aromatic heterocycles. The summed E-state index contributed by atoms with van der Waals surface area (Å²) in [6, 6.07) is 1.36. The van der Waals surface area contributed by atoms with E-state index in [1.54, 1.807) is 0 Å². The van der Waals surface area contributed by atoms with Crippen LogP contribution in [0.5, 0.6) is 0 Å². The summed E-state index contributed by atoms with van der Waals surface area (Å²) in [5.41, 5.74) is 0. The van der Waals surface area contributed by atoms with Crippen LogP contribution in [-0.2, 0) is 0 Å². The van der Waals surface area contributed by atoms with Gasteiger partial charge in [-0.1, -0.05) is 0 Å². The first kappa shape index (κ1) is 19.8. The summed E-state index contributed by atoms with van der Waals surface area (Å²) < 4.78 is 0. The van der Waals surface area contributed by atoms with Crippen LogP contribution in [0.4, 0.5) is 0 Å². The normalized spacial score (nSPS) is 15.6. The van der Waals surface area contributed by atoms with Crippen LogP contribution >= 0.6 is 0 Å². The molecule has 0 radical (unpaired) electrons. The van der Waals surface area contributed by atoms with E-state index in [1.807, 2.05) is 0 Å². The third-order valence-corrected chi connectivity index (χ3v) is 4.06. The molecule has 0 amide bonds. The Morgan fingerprint density at radius 2 is 1.05 bits per heavy atom. The molecular weight excluding hydrogens is 248 g/mol. The van der Waals surface area contributed by atoms with Gasteiger partial charge in [-0.25, -0.2) is 0 Å². The zero-order chi connectivity index (χ0) is 15.7. The quantitative estimate of drug-likeness (QED) is 0.571. The molecule has 0 saturated carbocycles. The molecule has 0 aliphatic carbocycles. The minimum Gasteiger partial charge on any atom is -0.309 e. The van der Waals surface area contributed by atoms with E-state index in [9.17, 15) is 0 Å². The predicted molar refractivity (Wildman–Crippen MR) is 90.5 cm³/mol. The van der Waals surface area contributed by atoms with Crippen molar-refractivity contribution in [3.05, 3.63) is 0 Å². The molecule has 0 heterocycles. The molecule has 0 aliphatic heterocycles. The monoisotopic (exact) mass is 286 g/mol. The van der Waals surface area contributed by atoms with Crippen LogP contribution < -0.4 is 0 Å². The van der Waals surface area contributed by atoms with Gasteiger partial charge in [-0.05, 0) is 95.2 Å². The Kier molecular flexibility index (Phi) is 10.5. The smallest absolute Gasteiger partial charge is 0.0116 e. The van der Waals surface area contributed by atoms with Gasteiger partial charge in [0.1, 0.15) is 0 Å². The van der Waals surface area contributed by atoms with E-state index in [2.05, 4.69) is 76.0 Å². The predicted octanol–water partition coefficient (Wildman–Crippen LogP) is 1.53. The van der Waals surface area contributed by atoms with Crippen LogP contribution in [0, 0.1) is 0 Å². The van der Waals surface area contributed by atoms with Crippen molar-refractivity contribution in [3.63, 3.8) is 0 Å². The van der Waals surface area contributed by atoms with Crippen molar-refractivity contribution in [3.8, 4) is 0 Å². The first-order valence-electron chi connectivity index (χ1n) is 7.86. The maximum absolute atomic E-state index is 2.40. The second kappa shape index (κ2) is 10.6. The molecule has 0 saturated heterocycles. The molecule has 0 fully saturated rings. The Morgan fingerprint density at radius 3 is 1.45 bits per heavy atom. The van der Waals surface area contributed by atoms with Gasteiger partial charge in [0.25, 0.3) is 0 Å². The second-order valence-electron chi connectivity index (χ2n) is 7.01. The summed E-state index contributed by atoms with van der Waals surface area (Å²) in [4.78, 5) is 9.36. The standard InChI is InChI=1S/C16H38N4/c1-17(2)12-9-10-15(19(5)6)14-16(20(7)8)11-13-18(3)4/h15-16H,9-14H2,1-8H3. The lowest BCUT2D eigenvalue weighted by molar-refractivity contribution is 0.169. The van der Waals surface area contributed by atoms with Gasteiger partial charge in [0.2, 0.25) is 0 Å². The Bertz CT molecular complexity index is 227. The van der Waals surface area contributed by atoms with Gasteiger partial charge in [-0.15, -0.1) is 0 Å². The third-order valence-electron chi connectivity index (χ3n) is 4.06. The van der Waals surface area contributed by atoms with Crippen LogP contribution in [-0.4, -0.2) is 101 Å². The number of hydrogen-bond donors (Lipinski definition) is 0. The Hall–Kier alpha value is -0.160. The average molecular weight is 287 g/mol. The van der Waals surface area contributed by atoms with Crippen molar-refractivity contribution >= 4 is 0 Å². The summed E-state index contributed by atoms with van der Waals surface area (Å²) >= 11 is 0. The highest BCUT2D eigenvalue weighted by molar-refractivity contribution is 4.77. The molecule has 2 unspecified atom stereocenters. The first-order valence-corrected chi connectivity index (χ1v) is 7.86. The summed E-state index contributed by atoms with van der Waals surface area (Å²) in [7, 11) is 17.5. The van der Waals surface area contributed by atoms with Gasteiger partial charge in [0, 0.05) is 12.1 Å². The van der Waals surface area contributed by atoms with Crippen molar-refractivity contribution in [1.82, 2.24) is 19.6 Å². The molecular formula is C16H38N4. The van der Waals surface area contributed by atoms with Gasteiger partial charge < -0.3 is 19.6 Å². The van der Waals surface area contributed by atoms with E-state index in [0.717, 1.165) is 0 Å². The SMILES string of the molecule is CN(C)CCCC(CC(CCN(C)C)N(C)C)N(C)C. The molecule has 122 valence electrons. The number of hydrogen-bond acceptors (Lipinski definition) is 4. The van der Waals surface area contributed by atoms with E-state index in [-0.39, 0.29) is 0 Å². The first-order chi connectivity index (χ1) is 9.23. The zero-order valence-corrected chi connectivity index (χ0v) is 15.2. The molecule has 2 atom stereocenters. The van der Waals surface area contributed by atoms with Crippen molar-refractivity contribution in [2.24, 2.45) is 0 Å². The molecule has 4 heteroatoms. The van der Waals surface area contributed by atoms with Crippen molar-refractivity contribution in [2.45, 2.75) is 37.8 Å². The van der Waals surface area contributed by atoms with Crippen LogP contribution in [0.2, 0.25) is 0 Å². The summed E-state index contributed by atoms with van der Waals surface area (Å²) in [6.07, 6.45) is 5.08. The van der Waals surface area contributed by atoms with Crippen LogP contribution in [0.25, 0.3) is 0 Å². The van der Waals surface area contributed by atoms with Crippen LogP contribution in [0.3, 0.4) is 0 Å². The molecule has 20 heavy (non-hydrogen) atoms. The molecule has 0 aromatic carbocycles. The van der Waals surface area contributed by atoms with Gasteiger partial charge in [0.05, 0.1) is 0 Å². The highest BCUT2D eigenvalue weighted by Gasteiger charge is 2.19. The Labute approximate surface area is 127 Å². The lowest BCUT2D eigenvalue weighted by Gasteiger charge is -2.33. The average Bonchev–Trinajstić information content (AvgIpc) is 2.30. The van der Waals surface area contributed by atoms with E-state index >= 15 is 0 Å². The van der Waals surface area contributed by atoms with Crippen molar-refractivity contribution in [1.29, 1.82) is 0 Å². The maximum Gasteiger partial charge on any atom is 0.0116 e. The highest BCUT2D eigenvalue weighted by Crippen LogP contribution is 2.16. The number of rotatable bonds is 11. The minimum absolute atomic E-state index is 0.671. The van der Waals surface area contributed by atoms with E-state index in [4.69, 9.17) is 0 Å². The molecule has 0 aliphatic rings. The molecule has 0 rings (SSSR count). The van der Waals surface area contributed by atoms with E-state index in [1.165, 1.54) is 38.8 Å². The largest absolute Gasteiger partial charge is 0.309 e. The second-order valence-corrected chi connectivity index (χ2v) is 7.01. The molecule has 4 nitrogen and oxygen atoms in total. The summed E-state index contributed by atoms with van der Waals surface area (Å²) in [6.45, 7) is 2.36. The fourth-order valence-corrected chi connectivity index (χ4v) is 2.54. The molecule has 0 spiro atoms. The Morgan fingerprint density at radius 1 is 0.600 bits per heavy atom. The van der Waals surface area contributed by atoms with Gasteiger partial charge in [0.15, 0.2) is 0 Å². The molecule has 0 aromatic rings. The molecule has 0 bridgehead atoms. The third kappa shape index (κ3) is 9.70. The fourth-order valence-electron chi connectivity index (χ4n) is 2.54. The Balaban J connectivity index is 4.34. The number of nitrogens with zero attached hydrogens (tertiary/aromatic N) is 4. The van der Waals surface area contributed by atoms with Crippen molar-refractivity contribution in [2.75, 3.05) is 69.5 Å². The highest BCUT2D eigenvalue weighted by atomic mass is 15.1. The van der Waals surface area contributed by atoms with Gasteiger partial charge in [-0.2, -0.15) is 0 Å². The lowest BCUT2D eigenvalue weighted by Crippen LogP contribution is -2.39. The lowest BCUT2D eigenvalue weighted by atomic mass is 9.98. The zero-order valence-electron chi connectivity index (χ0n) is 15.2. The minimum atomic E-state index is 0.671.